The lowest BCUT2D eigenvalue weighted by molar-refractivity contribution is -0.131. The van der Waals surface area contributed by atoms with Gasteiger partial charge in [-0.2, -0.15) is 0 Å². The first-order valence-electron chi connectivity index (χ1n) is 11.6. The zero-order valence-electron chi connectivity index (χ0n) is 17.9. The molecule has 1 aliphatic carbocycles. The van der Waals surface area contributed by atoms with E-state index in [9.17, 15) is 4.79 Å². The van der Waals surface area contributed by atoms with Gasteiger partial charge in [-0.05, 0) is 86.5 Å². The van der Waals surface area contributed by atoms with Crippen molar-refractivity contribution in [3.05, 3.63) is 59.1 Å². The first-order chi connectivity index (χ1) is 15.1. The number of carbonyl (C=O) groups is 1. The Bertz CT molecular complexity index is 996. The van der Waals surface area contributed by atoms with Gasteiger partial charge >= 0.3 is 0 Å². The summed E-state index contributed by atoms with van der Waals surface area (Å²) < 4.78 is 0. The van der Waals surface area contributed by atoms with Crippen molar-refractivity contribution in [2.45, 2.75) is 43.9 Å². The maximum absolute atomic E-state index is 13.8. The summed E-state index contributed by atoms with van der Waals surface area (Å²) in [4.78, 5) is 18.1. The Balaban J connectivity index is 1.40. The predicted octanol–water partition coefficient (Wildman–Crippen LogP) is 5.35. The molecular formula is C26H30ClN3O. The second-order valence-electron chi connectivity index (χ2n) is 9.32. The molecule has 31 heavy (non-hydrogen) atoms. The summed E-state index contributed by atoms with van der Waals surface area (Å²) in [6.07, 6.45) is 6.18. The van der Waals surface area contributed by atoms with Gasteiger partial charge in [-0.1, -0.05) is 48.0 Å². The van der Waals surface area contributed by atoms with Crippen LogP contribution in [0.2, 0.25) is 5.02 Å². The van der Waals surface area contributed by atoms with Crippen molar-refractivity contribution >= 4 is 23.3 Å². The lowest BCUT2D eigenvalue weighted by Crippen LogP contribution is -2.41. The summed E-state index contributed by atoms with van der Waals surface area (Å²) >= 11 is 6.21. The van der Waals surface area contributed by atoms with Crippen LogP contribution in [0.1, 0.15) is 44.1 Å². The lowest BCUT2D eigenvalue weighted by atomic mass is 9.74. The number of nitrogens with zero attached hydrogens (tertiary/aromatic N) is 2. The van der Waals surface area contributed by atoms with Crippen LogP contribution in [0.4, 0.5) is 0 Å². The van der Waals surface area contributed by atoms with Gasteiger partial charge in [0.25, 0.3) is 0 Å². The first-order valence-corrected chi connectivity index (χ1v) is 11.9. The molecule has 0 aromatic heterocycles. The van der Waals surface area contributed by atoms with Gasteiger partial charge in [0, 0.05) is 18.0 Å². The highest BCUT2D eigenvalue weighted by molar-refractivity contribution is 6.30. The molecule has 1 saturated carbocycles. The Labute approximate surface area is 189 Å². The highest BCUT2D eigenvalue weighted by Gasteiger charge is 2.58. The second-order valence-corrected chi connectivity index (χ2v) is 9.76. The highest BCUT2D eigenvalue weighted by Crippen LogP contribution is 2.54. The van der Waals surface area contributed by atoms with E-state index in [1.165, 1.54) is 25.9 Å². The zero-order chi connectivity index (χ0) is 21.4. The van der Waals surface area contributed by atoms with Gasteiger partial charge in [0.15, 0.2) is 0 Å². The third-order valence-electron chi connectivity index (χ3n) is 7.26. The minimum absolute atomic E-state index is 0.143. The molecule has 5 rings (SSSR count). The highest BCUT2D eigenvalue weighted by atomic mass is 35.5. The fourth-order valence-corrected chi connectivity index (χ4v) is 5.68. The van der Waals surface area contributed by atoms with Crippen molar-refractivity contribution in [1.82, 2.24) is 9.80 Å². The summed E-state index contributed by atoms with van der Waals surface area (Å²) in [5, 5.41) is 9.38. The Kier molecular flexibility index (Phi) is 5.61. The molecule has 2 heterocycles. The normalized spacial score (nSPS) is 24.4. The van der Waals surface area contributed by atoms with E-state index >= 15 is 0 Å². The van der Waals surface area contributed by atoms with Crippen molar-refractivity contribution in [3.8, 4) is 11.1 Å². The molecular weight excluding hydrogens is 406 g/mol. The van der Waals surface area contributed by atoms with Crippen LogP contribution in [0.3, 0.4) is 0 Å². The molecule has 2 aromatic rings. The van der Waals surface area contributed by atoms with Crippen LogP contribution in [-0.4, -0.2) is 47.7 Å². The predicted molar refractivity (Wildman–Crippen MR) is 126 cm³/mol. The number of likely N-dealkylation sites (tertiary alicyclic amines) is 2. The maximum atomic E-state index is 13.8. The van der Waals surface area contributed by atoms with E-state index in [1.807, 2.05) is 24.3 Å². The molecule has 2 aliphatic heterocycles. The number of amides is 1. The van der Waals surface area contributed by atoms with E-state index in [4.69, 9.17) is 17.0 Å². The lowest BCUT2D eigenvalue weighted by Gasteiger charge is -2.28. The molecule has 0 bridgehead atoms. The second kappa shape index (κ2) is 8.40. The number of nitrogens with one attached hydrogen (secondary N) is 1. The fraction of sp³-hybridized carbons (Fsp3) is 0.462. The number of carbonyl (C=O) groups excluding carboxylic acids is 1. The third-order valence-corrected chi connectivity index (χ3v) is 7.50. The van der Waals surface area contributed by atoms with E-state index in [0.29, 0.717) is 29.7 Å². The molecule has 0 spiro atoms. The van der Waals surface area contributed by atoms with E-state index in [2.05, 4.69) is 29.2 Å². The maximum Gasteiger partial charge on any atom is 0.239 e. The number of hydrogen-bond donors (Lipinski definition) is 1. The van der Waals surface area contributed by atoms with Crippen molar-refractivity contribution < 1.29 is 4.79 Å². The molecule has 3 aliphatic rings. The first kappa shape index (κ1) is 20.7. The molecule has 5 heteroatoms. The van der Waals surface area contributed by atoms with Crippen molar-refractivity contribution in [2.24, 2.45) is 5.92 Å². The minimum atomic E-state index is -0.570. The molecule has 1 N–H and O–H groups in total. The van der Waals surface area contributed by atoms with Crippen molar-refractivity contribution in [2.75, 3.05) is 26.2 Å². The topological polar surface area (TPSA) is 47.4 Å². The molecule has 1 amide bonds. The number of amidine groups is 1. The average molecular weight is 436 g/mol. The summed E-state index contributed by atoms with van der Waals surface area (Å²) in [7, 11) is 0. The van der Waals surface area contributed by atoms with Gasteiger partial charge in [-0.3, -0.25) is 15.1 Å². The average Bonchev–Trinajstić information content (AvgIpc) is 3.44. The van der Waals surface area contributed by atoms with Crippen LogP contribution in [-0.2, 0) is 10.2 Å². The molecule has 1 atom stereocenters. The van der Waals surface area contributed by atoms with Gasteiger partial charge in [0.05, 0.1) is 5.41 Å². The summed E-state index contributed by atoms with van der Waals surface area (Å²) in [5.41, 5.74) is 2.62. The zero-order valence-corrected chi connectivity index (χ0v) is 18.7. The SMILES string of the molecule is N=C1CC(c2cccc(-c3cccc(Cl)c3)c2)(C2CC2)C(=O)N1CCCN1CCCC1. The van der Waals surface area contributed by atoms with Gasteiger partial charge in [0.2, 0.25) is 5.91 Å². The third kappa shape index (κ3) is 3.92. The molecule has 3 fully saturated rings. The fourth-order valence-electron chi connectivity index (χ4n) is 5.49. The Hall–Kier alpha value is -2.17. The quantitative estimate of drug-likeness (QED) is 0.637. The Morgan fingerprint density at radius 2 is 1.71 bits per heavy atom. The number of benzene rings is 2. The summed E-state index contributed by atoms with van der Waals surface area (Å²) in [6, 6.07) is 16.2. The Morgan fingerprint density at radius 3 is 2.42 bits per heavy atom. The van der Waals surface area contributed by atoms with Crippen LogP contribution in [0.25, 0.3) is 11.1 Å². The van der Waals surface area contributed by atoms with E-state index in [1.54, 1.807) is 4.90 Å². The summed E-state index contributed by atoms with van der Waals surface area (Å²) in [5.74, 6) is 0.981. The number of rotatable bonds is 7. The van der Waals surface area contributed by atoms with Crippen molar-refractivity contribution in [1.29, 1.82) is 5.41 Å². The molecule has 1 unspecified atom stereocenters. The molecule has 4 nitrogen and oxygen atoms in total. The van der Waals surface area contributed by atoms with Crippen LogP contribution in [0.5, 0.6) is 0 Å². The number of halogens is 1. The summed E-state index contributed by atoms with van der Waals surface area (Å²) in [6.45, 7) is 4.04. The van der Waals surface area contributed by atoms with Crippen LogP contribution in [0, 0.1) is 11.3 Å². The standard InChI is InChI=1S/C26H30ClN3O/c27-23-9-4-7-20(17-23)19-6-3-8-22(16-19)26(21-10-11-21)18-24(28)30(25(26)31)15-5-14-29-12-1-2-13-29/h3-4,6-9,16-17,21,28H,1-2,5,10-15,18H2. The Morgan fingerprint density at radius 1 is 1.00 bits per heavy atom. The largest absolute Gasteiger partial charge is 0.303 e. The molecule has 2 aromatic carbocycles. The molecule has 0 radical (unpaired) electrons. The van der Waals surface area contributed by atoms with Gasteiger partial charge < -0.3 is 4.90 Å². The van der Waals surface area contributed by atoms with Crippen LogP contribution in [0.15, 0.2) is 48.5 Å². The monoisotopic (exact) mass is 435 g/mol. The molecule has 2 saturated heterocycles. The molecule has 162 valence electrons. The van der Waals surface area contributed by atoms with Gasteiger partial charge in [-0.25, -0.2) is 0 Å². The number of hydrogen-bond acceptors (Lipinski definition) is 3. The van der Waals surface area contributed by atoms with E-state index in [0.717, 1.165) is 42.5 Å². The minimum Gasteiger partial charge on any atom is -0.303 e. The van der Waals surface area contributed by atoms with E-state index < -0.39 is 5.41 Å². The smallest absolute Gasteiger partial charge is 0.239 e. The van der Waals surface area contributed by atoms with Crippen molar-refractivity contribution in [3.63, 3.8) is 0 Å². The van der Waals surface area contributed by atoms with Crippen LogP contribution < -0.4 is 0 Å². The van der Waals surface area contributed by atoms with Gasteiger partial charge in [-0.15, -0.1) is 0 Å². The van der Waals surface area contributed by atoms with Gasteiger partial charge in [0.1, 0.15) is 5.84 Å². The van der Waals surface area contributed by atoms with Crippen LogP contribution >= 0.6 is 11.6 Å². The van der Waals surface area contributed by atoms with E-state index in [-0.39, 0.29) is 5.91 Å².